The largest absolute Gasteiger partial charge is 0.407 e. The zero-order valence-electron chi connectivity index (χ0n) is 10.2. The van der Waals surface area contributed by atoms with E-state index in [-0.39, 0.29) is 6.61 Å². The number of rotatable bonds is 8. The molecule has 6 heteroatoms. The van der Waals surface area contributed by atoms with Gasteiger partial charge < -0.3 is 19.7 Å². The second-order valence-corrected chi connectivity index (χ2v) is 4.30. The fourth-order valence-electron chi connectivity index (χ4n) is 1.73. The summed E-state index contributed by atoms with van der Waals surface area (Å²) in [6, 6.07) is 1.01. The van der Waals surface area contributed by atoms with E-state index >= 15 is 0 Å². The Balaban J connectivity index is 1.90. The summed E-state index contributed by atoms with van der Waals surface area (Å²) in [4.78, 5) is 2.00. The van der Waals surface area contributed by atoms with Gasteiger partial charge in [0.1, 0.15) is 0 Å². The van der Waals surface area contributed by atoms with Crippen LogP contribution >= 0.6 is 0 Å². The zero-order chi connectivity index (χ0) is 12.1. The van der Waals surface area contributed by atoms with Crippen LogP contribution < -0.4 is 10.2 Å². The first-order valence-corrected chi connectivity index (χ1v) is 6.25. The Morgan fingerprint density at radius 1 is 1.47 bits per heavy atom. The van der Waals surface area contributed by atoms with Crippen molar-refractivity contribution in [2.45, 2.75) is 38.8 Å². The quantitative estimate of drug-likeness (QED) is 0.646. The predicted octanol–water partition coefficient (Wildman–Crippen LogP) is 0.530. The minimum absolute atomic E-state index is 0.113. The highest BCUT2D eigenvalue weighted by molar-refractivity contribution is 5.29. The molecule has 1 aliphatic rings. The average Bonchev–Trinajstić information content (AvgIpc) is 3.06. The summed E-state index contributed by atoms with van der Waals surface area (Å²) < 4.78 is 5.58. The highest BCUT2D eigenvalue weighted by Gasteiger charge is 2.31. The summed E-state index contributed by atoms with van der Waals surface area (Å²) >= 11 is 0. The van der Waals surface area contributed by atoms with Crippen LogP contribution in [0.5, 0.6) is 0 Å². The number of nitrogens with zero attached hydrogens (tertiary/aromatic N) is 3. The summed E-state index contributed by atoms with van der Waals surface area (Å²) in [6.07, 6.45) is 3.37. The van der Waals surface area contributed by atoms with Crippen molar-refractivity contribution < 1.29 is 9.52 Å². The van der Waals surface area contributed by atoms with Gasteiger partial charge in [0.25, 0.3) is 0 Å². The molecule has 0 bridgehead atoms. The molecule has 0 radical (unpaired) electrons. The minimum Gasteiger partial charge on any atom is -0.407 e. The lowest BCUT2D eigenvalue weighted by atomic mass is 10.5. The maximum atomic E-state index is 9.01. The van der Waals surface area contributed by atoms with Gasteiger partial charge in [-0.2, -0.15) is 0 Å². The summed E-state index contributed by atoms with van der Waals surface area (Å²) in [7, 11) is 0. The number of aromatic nitrogens is 2. The van der Waals surface area contributed by atoms with Crippen LogP contribution in [0.25, 0.3) is 0 Å². The van der Waals surface area contributed by atoms with Crippen LogP contribution in [0.1, 0.15) is 32.1 Å². The van der Waals surface area contributed by atoms with Crippen molar-refractivity contribution in [3.63, 3.8) is 0 Å². The fraction of sp³-hybridized carbons (Fsp3) is 0.818. The van der Waals surface area contributed by atoms with Gasteiger partial charge in [-0.05, 0) is 25.8 Å². The number of nitrogens with one attached hydrogen (secondary N) is 1. The fourth-order valence-corrected chi connectivity index (χ4v) is 1.73. The number of hydrogen-bond donors (Lipinski definition) is 2. The number of hydrogen-bond acceptors (Lipinski definition) is 6. The molecular formula is C11H20N4O2. The van der Waals surface area contributed by atoms with Gasteiger partial charge in [-0.15, -0.1) is 5.10 Å². The van der Waals surface area contributed by atoms with Crippen molar-refractivity contribution in [2.24, 2.45) is 0 Å². The molecule has 1 aromatic heterocycles. The summed E-state index contributed by atoms with van der Waals surface area (Å²) in [5.41, 5.74) is 0. The van der Waals surface area contributed by atoms with Gasteiger partial charge in [0, 0.05) is 12.6 Å². The van der Waals surface area contributed by atoms with Crippen molar-refractivity contribution in [2.75, 3.05) is 24.6 Å². The monoisotopic (exact) mass is 240 g/mol. The number of anilines is 1. The van der Waals surface area contributed by atoms with Gasteiger partial charge in [-0.25, -0.2) is 0 Å². The lowest BCUT2D eigenvalue weighted by Crippen LogP contribution is -2.29. The van der Waals surface area contributed by atoms with Gasteiger partial charge in [0.05, 0.1) is 13.2 Å². The Morgan fingerprint density at radius 3 is 2.94 bits per heavy atom. The number of aliphatic hydroxyl groups excluding tert-OH is 1. The van der Waals surface area contributed by atoms with Crippen molar-refractivity contribution in [3.05, 3.63) is 5.89 Å². The highest BCUT2D eigenvalue weighted by Crippen LogP contribution is 2.30. The molecule has 1 saturated carbocycles. The lowest BCUT2D eigenvalue weighted by molar-refractivity contribution is 0.297. The van der Waals surface area contributed by atoms with Crippen LogP contribution in [0, 0.1) is 0 Å². The van der Waals surface area contributed by atoms with Crippen LogP contribution in [-0.2, 0) is 6.54 Å². The molecule has 1 aromatic rings. The summed E-state index contributed by atoms with van der Waals surface area (Å²) in [5.74, 6) is 0.608. The van der Waals surface area contributed by atoms with Crippen molar-refractivity contribution in [3.8, 4) is 0 Å². The van der Waals surface area contributed by atoms with E-state index in [1.165, 1.54) is 0 Å². The van der Waals surface area contributed by atoms with E-state index in [9.17, 15) is 0 Å². The van der Waals surface area contributed by atoms with E-state index in [1.54, 1.807) is 0 Å². The molecule has 0 amide bonds. The maximum absolute atomic E-state index is 9.01. The normalized spacial score (nSPS) is 15.2. The second kappa shape index (κ2) is 5.97. The molecule has 0 spiro atoms. The van der Waals surface area contributed by atoms with E-state index in [1.807, 2.05) is 4.90 Å². The smallest absolute Gasteiger partial charge is 0.318 e. The molecule has 2 rings (SSSR count). The van der Waals surface area contributed by atoms with Crippen LogP contribution in [0.2, 0.25) is 0 Å². The third-order valence-electron chi connectivity index (χ3n) is 2.73. The summed E-state index contributed by atoms with van der Waals surface area (Å²) in [6.45, 7) is 4.35. The Kier molecular flexibility index (Phi) is 4.33. The van der Waals surface area contributed by atoms with E-state index in [2.05, 4.69) is 22.4 Å². The SMILES string of the molecule is CCCNCc1nnc(N(CCO)C2CC2)o1. The van der Waals surface area contributed by atoms with E-state index in [4.69, 9.17) is 9.52 Å². The maximum Gasteiger partial charge on any atom is 0.318 e. The molecule has 1 fully saturated rings. The van der Waals surface area contributed by atoms with Crippen LogP contribution in [0.15, 0.2) is 4.42 Å². The minimum atomic E-state index is 0.113. The molecule has 0 unspecified atom stereocenters. The van der Waals surface area contributed by atoms with E-state index < -0.39 is 0 Å². The standard InChI is InChI=1S/C11H20N4O2/c1-2-5-12-8-10-13-14-11(17-10)15(6-7-16)9-3-4-9/h9,12,16H,2-8H2,1H3. The van der Waals surface area contributed by atoms with Gasteiger partial charge >= 0.3 is 6.01 Å². The van der Waals surface area contributed by atoms with E-state index in [0.29, 0.717) is 31.0 Å². The highest BCUT2D eigenvalue weighted by atomic mass is 16.4. The molecule has 2 N–H and O–H groups in total. The number of aliphatic hydroxyl groups is 1. The third kappa shape index (κ3) is 3.41. The molecule has 0 saturated heterocycles. The van der Waals surface area contributed by atoms with Crippen LogP contribution in [0.4, 0.5) is 6.01 Å². The first-order chi connectivity index (χ1) is 8.35. The third-order valence-corrected chi connectivity index (χ3v) is 2.73. The Labute approximate surface area is 101 Å². The van der Waals surface area contributed by atoms with Gasteiger partial charge in [-0.1, -0.05) is 12.0 Å². The lowest BCUT2D eigenvalue weighted by Gasteiger charge is -2.17. The van der Waals surface area contributed by atoms with Crippen molar-refractivity contribution >= 4 is 6.01 Å². The van der Waals surface area contributed by atoms with Gasteiger partial charge in [0.15, 0.2) is 0 Å². The average molecular weight is 240 g/mol. The van der Waals surface area contributed by atoms with Crippen LogP contribution in [0.3, 0.4) is 0 Å². The zero-order valence-corrected chi connectivity index (χ0v) is 10.2. The second-order valence-electron chi connectivity index (χ2n) is 4.30. The molecule has 0 atom stereocenters. The van der Waals surface area contributed by atoms with Gasteiger partial charge in [-0.3, -0.25) is 0 Å². The summed E-state index contributed by atoms with van der Waals surface area (Å²) in [5, 5.41) is 20.3. The Hall–Kier alpha value is -1.14. The predicted molar refractivity (Wildman–Crippen MR) is 63.7 cm³/mol. The molecule has 1 aliphatic carbocycles. The Morgan fingerprint density at radius 2 is 2.29 bits per heavy atom. The van der Waals surface area contributed by atoms with E-state index in [0.717, 1.165) is 25.8 Å². The molecule has 1 heterocycles. The van der Waals surface area contributed by atoms with Crippen molar-refractivity contribution in [1.82, 2.24) is 15.5 Å². The first-order valence-electron chi connectivity index (χ1n) is 6.25. The molecule has 96 valence electrons. The molecular weight excluding hydrogens is 220 g/mol. The first kappa shape index (κ1) is 12.3. The molecule has 6 nitrogen and oxygen atoms in total. The van der Waals surface area contributed by atoms with Crippen LogP contribution in [-0.4, -0.2) is 41.0 Å². The molecule has 0 aromatic carbocycles. The van der Waals surface area contributed by atoms with Crippen molar-refractivity contribution in [1.29, 1.82) is 0 Å². The molecule has 17 heavy (non-hydrogen) atoms. The van der Waals surface area contributed by atoms with Gasteiger partial charge in [0.2, 0.25) is 5.89 Å². The molecule has 0 aliphatic heterocycles. The Bertz CT molecular complexity index is 338. The topological polar surface area (TPSA) is 74.4 Å².